The number of hydrogen-bond acceptors (Lipinski definition) is 9. The lowest BCUT2D eigenvalue weighted by atomic mass is 9.55. The summed E-state index contributed by atoms with van der Waals surface area (Å²) >= 11 is 0. The fraction of sp³-hybridized carbons (Fsp3) is 0.462. The Morgan fingerprint density at radius 3 is 2.21 bits per heavy atom. The van der Waals surface area contributed by atoms with Crippen LogP contribution in [-0.4, -0.2) is 64.5 Å². The number of fused-ring (bicyclic) bond motifs is 3. The summed E-state index contributed by atoms with van der Waals surface area (Å²) in [6.07, 6.45) is 18.9. The lowest BCUT2D eigenvalue weighted by molar-refractivity contribution is -0.258. The van der Waals surface area contributed by atoms with E-state index in [1.54, 1.807) is 12.1 Å². The van der Waals surface area contributed by atoms with E-state index in [2.05, 4.69) is 55.2 Å². The molecule has 11 nitrogen and oxygen atoms in total. The number of amides is 2. The molecular weight excluding hydrogens is 951 g/mol. The van der Waals surface area contributed by atoms with Gasteiger partial charge in [-0.1, -0.05) is 192 Å². The highest BCUT2D eigenvalue weighted by Crippen LogP contribution is 2.62. The zero-order valence-electron chi connectivity index (χ0n) is 44.8. The Bertz CT molecular complexity index is 2690. The van der Waals surface area contributed by atoms with Crippen LogP contribution in [0, 0.1) is 17.8 Å². The normalized spacial score (nSPS) is 21.0. The van der Waals surface area contributed by atoms with E-state index < -0.39 is 23.8 Å². The molecule has 8 rings (SSSR count). The van der Waals surface area contributed by atoms with Gasteiger partial charge >= 0.3 is 6.09 Å². The predicted molar refractivity (Wildman–Crippen MR) is 302 cm³/mol. The first kappa shape index (κ1) is 55.9. The van der Waals surface area contributed by atoms with Crippen molar-refractivity contribution in [2.75, 3.05) is 19.8 Å². The standard InChI is InChI=1S/C65H81N3O8/c1-3-5-6-7-8-9-10-11-18-36-61(71)68(46-52-33-25-32-50-30-19-20-34-54(50)52)60-44-58(67-74-47-49-28-16-13-17-29-49)56-42-51(31-21-23-39-69)55(35-22-24-40-70)62-57-43-53(75-64(72)66-45-48-26-14-12-15-27-48)37-38-59(57)76-65(60,63(56)62)73-41-4-2/h4,12-17,19-20,25-30,32-34,37-38,42-43,51,55,60,62-63,69-70H,2-3,5-11,18,21-24,31,35-36,39-41,44-47H2,1H3,(H,66,72). The largest absolute Gasteiger partial charge is 0.459 e. The molecule has 0 spiro atoms. The molecule has 1 aliphatic heterocycles. The Morgan fingerprint density at radius 1 is 0.789 bits per heavy atom. The first-order chi connectivity index (χ1) is 37.4. The second-order valence-electron chi connectivity index (χ2n) is 21.0. The number of carbonyl (C=O) groups is 2. The predicted octanol–water partition coefficient (Wildman–Crippen LogP) is 13.9. The second-order valence-corrected chi connectivity index (χ2v) is 21.0. The molecule has 1 fully saturated rings. The lowest BCUT2D eigenvalue weighted by Crippen LogP contribution is -2.70. The van der Waals surface area contributed by atoms with E-state index >= 15 is 4.79 Å². The van der Waals surface area contributed by atoms with E-state index in [-0.39, 0.29) is 56.5 Å². The lowest BCUT2D eigenvalue weighted by Gasteiger charge is -2.60. The molecule has 6 unspecified atom stereocenters. The van der Waals surface area contributed by atoms with Gasteiger partial charge in [-0.25, -0.2) is 4.79 Å². The summed E-state index contributed by atoms with van der Waals surface area (Å²) in [5.41, 5.74) is 5.50. The van der Waals surface area contributed by atoms with Crippen LogP contribution in [0.3, 0.4) is 0 Å². The minimum Gasteiger partial charge on any atom is -0.459 e. The van der Waals surface area contributed by atoms with Gasteiger partial charge in [0.05, 0.1) is 18.2 Å². The van der Waals surface area contributed by atoms with Crippen LogP contribution in [-0.2, 0) is 34.1 Å². The van der Waals surface area contributed by atoms with Crippen LogP contribution in [0.2, 0.25) is 0 Å². The third kappa shape index (κ3) is 14.2. The zero-order chi connectivity index (χ0) is 53.0. The van der Waals surface area contributed by atoms with E-state index in [1.165, 1.54) is 38.5 Å². The van der Waals surface area contributed by atoms with Gasteiger partial charge in [-0.2, -0.15) is 0 Å². The maximum atomic E-state index is 15.6. The van der Waals surface area contributed by atoms with Crippen molar-refractivity contribution in [3.8, 4) is 11.5 Å². The smallest absolute Gasteiger partial charge is 0.412 e. The molecule has 2 aliphatic carbocycles. The van der Waals surface area contributed by atoms with Crippen molar-refractivity contribution in [1.82, 2.24) is 10.2 Å². The molecule has 0 aromatic heterocycles. The van der Waals surface area contributed by atoms with Crippen molar-refractivity contribution in [3.63, 3.8) is 0 Å². The summed E-state index contributed by atoms with van der Waals surface area (Å²) < 4.78 is 21.0. The maximum absolute atomic E-state index is 15.6. The summed E-state index contributed by atoms with van der Waals surface area (Å²) in [6, 6.07) is 39.3. The molecule has 3 N–H and O–H groups in total. The van der Waals surface area contributed by atoms with Gasteiger partial charge in [0.25, 0.3) is 0 Å². The van der Waals surface area contributed by atoms with Crippen LogP contribution in [0.5, 0.6) is 11.5 Å². The highest BCUT2D eigenvalue weighted by molar-refractivity contribution is 6.03. The van der Waals surface area contributed by atoms with Gasteiger partial charge in [-0.05, 0) is 95.2 Å². The van der Waals surface area contributed by atoms with E-state index in [1.807, 2.05) is 89.8 Å². The number of hydrogen-bond donors (Lipinski definition) is 3. The van der Waals surface area contributed by atoms with Crippen molar-refractivity contribution in [2.24, 2.45) is 22.9 Å². The quantitative estimate of drug-likeness (QED) is 0.0235. The Kier molecular flexibility index (Phi) is 21.2. The number of benzene rings is 5. The number of carbonyl (C=O) groups excluding carboxylic acids is 2. The second kappa shape index (κ2) is 28.7. The summed E-state index contributed by atoms with van der Waals surface area (Å²) in [6.45, 7) is 7.56. The number of allylic oxidation sites excluding steroid dienone is 1. The van der Waals surface area contributed by atoms with Gasteiger partial charge in [0.1, 0.15) is 24.1 Å². The summed E-state index contributed by atoms with van der Waals surface area (Å²) in [4.78, 5) is 37.6. The van der Waals surface area contributed by atoms with Gasteiger partial charge in [-0.3, -0.25) is 4.79 Å². The maximum Gasteiger partial charge on any atom is 0.412 e. The molecular formula is C65H81N3O8. The number of nitrogens with one attached hydrogen (secondary N) is 1. The van der Waals surface area contributed by atoms with Crippen molar-refractivity contribution < 1.29 is 38.9 Å². The first-order valence-electron chi connectivity index (χ1n) is 28.4. The number of oxime groups is 1. The van der Waals surface area contributed by atoms with Crippen LogP contribution >= 0.6 is 0 Å². The highest BCUT2D eigenvalue weighted by atomic mass is 16.7. The number of rotatable bonds is 30. The van der Waals surface area contributed by atoms with Crippen molar-refractivity contribution in [3.05, 3.63) is 168 Å². The van der Waals surface area contributed by atoms with Crippen molar-refractivity contribution in [1.29, 1.82) is 0 Å². The molecule has 0 bridgehead atoms. The van der Waals surface area contributed by atoms with Crippen LogP contribution in [0.25, 0.3) is 10.8 Å². The number of ether oxygens (including phenoxy) is 3. The summed E-state index contributed by atoms with van der Waals surface area (Å²) in [5.74, 6) is -1.27. The van der Waals surface area contributed by atoms with Crippen molar-refractivity contribution in [2.45, 2.75) is 154 Å². The molecule has 1 heterocycles. The average molecular weight is 1030 g/mol. The molecule has 3 aliphatic rings. The van der Waals surface area contributed by atoms with Gasteiger partial charge < -0.3 is 39.5 Å². The number of unbranched alkanes of at least 4 members (excludes halogenated alkanes) is 10. The molecule has 11 heteroatoms. The molecule has 6 atom stereocenters. The first-order valence-corrected chi connectivity index (χ1v) is 28.4. The SMILES string of the molecule is C=CCOC12Oc3ccc(OC(=O)NCc4ccccc4)cc3C3C(CCCCO)C(CCCCO)C=C(C(=NOCc4ccccc4)CC1N(Cc1cccc4ccccc14)C(=O)CCCCCCCCCCC)C32. The van der Waals surface area contributed by atoms with E-state index in [0.717, 1.165) is 89.3 Å². The molecule has 404 valence electrons. The summed E-state index contributed by atoms with van der Waals surface area (Å²) in [5, 5.41) is 30.4. The van der Waals surface area contributed by atoms with E-state index in [4.69, 9.17) is 24.2 Å². The zero-order valence-corrected chi connectivity index (χ0v) is 44.8. The highest BCUT2D eigenvalue weighted by Gasteiger charge is 2.65. The third-order valence-electron chi connectivity index (χ3n) is 15.8. The molecule has 1 saturated carbocycles. The third-order valence-corrected chi connectivity index (χ3v) is 15.8. The summed E-state index contributed by atoms with van der Waals surface area (Å²) in [7, 11) is 0. The molecule has 2 amide bonds. The Labute approximate surface area is 451 Å². The minimum atomic E-state index is -1.45. The Hall–Kier alpha value is -6.27. The molecule has 5 aromatic rings. The fourth-order valence-electron chi connectivity index (χ4n) is 12.1. The Morgan fingerprint density at radius 2 is 1.47 bits per heavy atom. The van der Waals surface area contributed by atoms with Gasteiger partial charge in [0.15, 0.2) is 0 Å². The topological polar surface area (TPSA) is 139 Å². The van der Waals surface area contributed by atoms with Crippen molar-refractivity contribution >= 4 is 28.5 Å². The number of nitrogens with zero attached hydrogens (tertiary/aromatic N) is 2. The molecule has 0 radical (unpaired) electrons. The fourth-order valence-corrected chi connectivity index (χ4v) is 12.1. The van der Waals surface area contributed by atoms with Crippen LogP contribution in [0.4, 0.5) is 4.79 Å². The van der Waals surface area contributed by atoms with Gasteiger partial charge in [-0.15, -0.1) is 6.58 Å². The molecule has 5 aromatic carbocycles. The van der Waals surface area contributed by atoms with E-state index in [9.17, 15) is 15.0 Å². The Balaban J connectivity index is 1.26. The number of aliphatic hydroxyl groups excluding tert-OH is 2. The average Bonchev–Trinajstić information content (AvgIpc) is 3.64. The van der Waals surface area contributed by atoms with Crippen LogP contribution in [0.1, 0.15) is 144 Å². The van der Waals surface area contributed by atoms with Gasteiger partial charge in [0, 0.05) is 50.6 Å². The van der Waals surface area contributed by atoms with Crippen LogP contribution in [0.15, 0.2) is 151 Å². The van der Waals surface area contributed by atoms with Gasteiger partial charge in [0.2, 0.25) is 11.7 Å². The van der Waals surface area contributed by atoms with Crippen LogP contribution < -0.4 is 14.8 Å². The molecule has 76 heavy (non-hydrogen) atoms. The minimum absolute atomic E-state index is 0.00932. The number of aliphatic hydroxyl groups is 2. The molecule has 0 saturated heterocycles. The van der Waals surface area contributed by atoms with E-state index in [0.29, 0.717) is 43.9 Å². The monoisotopic (exact) mass is 1030 g/mol.